The first-order valence-corrected chi connectivity index (χ1v) is 5.07. The molecule has 4 heterocycles. The largest absolute Gasteiger partial charge is 0.282 e. The normalized spacial score (nSPS) is 11.5. The Labute approximate surface area is 94.8 Å². The average molecular weight is 225 g/mol. The molecule has 4 aromatic rings. The van der Waals surface area contributed by atoms with Crippen molar-refractivity contribution in [2.75, 3.05) is 0 Å². The molecule has 0 saturated carbocycles. The van der Waals surface area contributed by atoms with E-state index in [1.165, 1.54) is 6.33 Å². The van der Waals surface area contributed by atoms with E-state index in [2.05, 4.69) is 25.0 Å². The molecule has 0 radical (unpaired) electrons. The van der Waals surface area contributed by atoms with Gasteiger partial charge in [0.15, 0.2) is 11.3 Å². The quantitative estimate of drug-likeness (QED) is 0.519. The highest BCUT2D eigenvalue weighted by Crippen LogP contribution is 2.18. The summed E-state index contributed by atoms with van der Waals surface area (Å²) in [6, 6.07) is 1.96. The van der Waals surface area contributed by atoms with Crippen molar-refractivity contribution in [1.82, 2.24) is 34.1 Å². The Morgan fingerprint density at radius 2 is 2.12 bits per heavy atom. The molecule has 0 spiro atoms. The summed E-state index contributed by atoms with van der Waals surface area (Å²) in [4.78, 5) is 16.7. The van der Waals surface area contributed by atoms with Gasteiger partial charge in [-0.05, 0) is 6.07 Å². The van der Waals surface area contributed by atoms with Crippen LogP contribution >= 0.6 is 0 Å². The van der Waals surface area contributed by atoms with Gasteiger partial charge in [-0.3, -0.25) is 9.67 Å². The van der Waals surface area contributed by atoms with Crippen LogP contribution in [0.1, 0.15) is 0 Å². The fourth-order valence-corrected chi connectivity index (χ4v) is 1.93. The van der Waals surface area contributed by atoms with Crippen LogP contribution in [0.3, 0.4) is 0 Å². The number of nitrogens with one attached hydrogen (secondary N) is 1. The van der Waals surface area contributed by atoms with Gasteiger partial charge < -0.3 is 0 Å². The van der Waals surface area contributed by atoms with E-state index in [9.17, 15) is 0 Å². The van der Waals surface area contributed by atoms with Crippen molar-refractivity contribution in [3.63, 3.8) is 0 Å². The molecule has 0 amide bonds. The molecule has 7 nitrogen and oxygen atoms in total. The smallest absolute Gasteiger partial charge is 0.177 e. The van der Waals surface area contributed by atoms with E-state index < -0.39 is 0 Å². The molecule has 4 rings (SSSR count). The van der Waals surface area contributed by atoms with Crippen molar-refractivity contribution in [3.8, 4) is 5.69 Å². The van der Waals surface area contributed by atoms with Gasteiger partial charge in [-0.1, -0.05) is 0 Å². The van der Waals surface area contributed by atoms with Crippen LogP contribution in [-0.2, 0) is 0 Å². The van der Waals surface area contributed by atoms with E-state index in [0.29, 0.717) is 0 Å². The van der Waals surface area contributed by atoms with E-state index >= 15 is 0 Å². The third kappa shape index (κ3) is 1.05. The third-order valence-electron chi connectivity index (χ3n) is 2.70. The first-order chi connectivity index (χ1) is 8.43. The molecule has 4 aromatic heterocycles. The lowest BCUT2D eigenvalue weighted by Crippen LogP contribution is -1.93. The number of nitrogens with zero attached hydrogens (tertiary/aromatic N) is 6. The van der Waals surface area contributed by atoms with Crippen molar-refractivity contribution in [3.05, 3.63) is 37.4 Å². The zero-order chi connectivity index (χ0) is 11.2. The zero-order valence-electron chi connectivity index (χ0n) is 8.65. The minimum Gasteiger partial charge on any atom is -0.282 e. The Hall–Kier alpha value is -2.70. The fourth-order valence-electron chi connectivity index (χ4n) is 1.93. The second-order valence-electron chi connectivity index (χ2n) is 3.63. The first-order valence-electron chi connectivity index (χ1n) is 5.07. The average Bonchev–Trinajstić information content (AvgIpc) is 3.02. The summed E-state index contributed by atoms with van der Waals surface area (Å²) in [6.45, 7) is 0. The van der Waals surface area contributed by atoms with Crippen LogP contribution in [0.15, 0.2) is 37.4 Å². The fraction of sp³-hybridized carbons (Fsp3) is 0. The molecule has 0 fully saturated rings. The lowest BCUT2D eigenvalue weighted by Gasteiger charge is -1.98. The summed E-state index contributed by atoms with van der Waals surface area (Å²) in [5.41, 5.74) is 3.31. The Morgan fingerprint density at radius 1 is 1.12 bits per heavy atom. The van der Waals surface area contributed by atoms with Crippen LogP contribution in [0.25, 0.3) is 22.5 Å². The number of hydrogen-bond acceptors (Lipinski definition) is 4. The van der Waals surface area contributed by atoms with Crippen LogP contribution in [0, 0.1) is 0 Å². The van der Waals surface area contributed by atoms with Gasteiger partial charge in [0.25, 0.3) is 0 Å². The van der Waals surface area contributed by atoms with Crippen molar-refractivity contribution >= 4 is 16.8 Å². The Balaban J connectivity index is 2.09. The number of hydrogen-bond donors (Lipinski definition) is 1. The molecule has 0 atom stereocenters. The molecule has 0 aromatic carbocycles. The Bertz CT molecular complexity index is 806. The molecule has 0 aliphatic carbocycles. The van der Waals surface area contributed by atoms with Gasteiger partial charge in [-0.25, -0.2) is 24.5 Å². The Kier molecular flexibility index (Phi) is 1.45. The van der Waals surface area contributed by atoms with Crippen LogP contribution in [-0.4, -0.2) is 34.1 Å². The predicted octanol–water partition coefficient (Wildman–Crippen LogP) is 0.791. The zero-order valence-corrected chi connectivity index (χ0v) is 8.65. The van der Waals surface area contributed by atoms with E-state index in [1.54, 1.807) is 18.9 Å². The summed E-state index contributed by atoms with van der Waals surface area (Å²) in [6.07, 6.45) is 8.48. The number of aromatic amines is 1. The van der Waals surface area contributed by atoms with Gasteiger partial charge >= 0.3 is 0 Å². The Morgan fingerprint density at radius 3 is 3.12 bits per heavy atom. The highest BCUT2D eigenvalue weighted by atomic mass is 15.3. The molecule has 0 aliphatic heterocycles. The van der Waals surface area contributed by atoms with E-state index in [1.807, 2.05) is 21.3 Å². The van der Waals surface area contributed by atoms with E-state index in [0.717, 1.165) is 22.5 Å². The maximum Gasteiger partial charge on any atom is 0.177 e. The molecule has 82 valence electrons. The van der Waals surface area contributed by atoms with Gasteiger partial charge in [-0.2, -0.15) is 0 Å². The van der Waals surface area contributed by atoms with Crippen molar-refractivity contribution < 1.29 is 0 Å². The lowest BCUT2D eigenvalue weighted by molar-refractivity contribution is 0.974. The number of H-pyrrole nitrogens is 1. The molecule has 0 unspecified atom stereocenters. The molecule has 0 saturated heterocycles. The molecule has 7 heteroatoms. The van der Waals surface area contributed by atoms with Crippen LogP contribution in [0.2, 0.25) is 0 Å². The third-order valence-corrected chi connectivity index (χ3v) is 2.70. The maximum atomic E-state index is 4.26. The first kappa shape index (κ1) is 8.45. The van der Waals surface area contributed by atoms with Gasteiger partial charge in [0.2, 0.25) is 0 Å². The van der Waals surface area contributed by atoms with Crippen molar-refractivity contribution in [2.24, 2.45) is 0 Å². The number of imidazole rings is 1. The lowest BCUT2D eigenvalue weighted by atomic mass is 10.4. The van der Waals surface area contributed by atoms with E-state index in [4.69, 9.17) is 0 Å². The van der Waals surface area contributed by atoms with Crippen molar-refractivity contribution in [2.45, 2.75) is 0 Å². The van der Waals surface area contributed by atoms with Crippen LogP contribution in [0.5, 0.6) is 0 Å². The second-order valence-corrected chi connectivity index (χ2v) is 3.63. The minimum absolute atomic E-state index is 0.766. The molecule has 0 bridgehead atoms. The summed E-state index contributed by atoms with van der Waals surface area (Å²) >= 11 is 0. The SMILES string of the molecule is c1ncc2ncn(-c3ccn4[nH]cnc34)c2n1. The summed E-state index contributed by atoms with van der Waals surface area (Å²) < 4.78 is 3.73. The standard InChI is InChI=1S/C10H7N7/c1-2-17-10(13-5-15-17)8(1)16-6-14-7-3-11-4-12-9(7)16/h1-6H,(H,13,15). The van der Waals surface area contributed by atoms with Crippen molar-refractivity contribution in [1.29, 1.82) is 0 Å². The van der Waals surface area contributed by atoms with Gasteiger partial charge in [0.05, 0.1) is 11.9 Å². The van der Waals surface area contributed by atoms with Gasteiger partial charge in [-0.15, -0.1) is 0 Å². The number of fused-ring (bicyclic) bond motifs is 2. The molecule has 17 heavy (non-hydrogen) atoms. The highest BCUT2D eigenvalue weighted by molar-refractivity contribution is 5.74. The number of rotatable bonds is 1. The highest BCUT2D eigenvalue weighted by Gasteiger charge is 2.10. The monoisotopic (exact) mass is 225 g/mol. The van der Waals surface area contributed by atoms with Gasteiger partial charge in [0.1, 0.15) is 24.5 Å². The summed E-state index contributed by atoms with van der Waals surface area (Å²) in [5.74, 6) is 0. The number of aromatic nitrogens is 7. The molecule has 1 N–H and O–H groups in total. The minimum atomic E-state index is 0.766. The van der Waals surface area contributed by atoms with Crippen LogP contribution in [0.4, 0.5) is 0 Å². The molecular weight excluding hydrogens is 218 g/mol. The summed E-state index contributed by atoms with van der Waals surface area (Å²) in [5, 5.41) is 2.99. The predicted molar refractivity (Wildman–Crippen MR) is 59.8 cm³/mol. The van der Waals surface area contributed by atoms with E-state index in [-0.39, 0.29) is 0 Å². The molecular formula is C10H7N7. The topological polar surface area (TPSA) is 76.7 Å². The van der Waals surface area contributed by atoms with Gasteiger partial charge in [0, 0.05) is 6.20 Å². The maximum absolute atomic E-state index is 4.26. The van der Waals surface area contributed by atoms with Crippen LogP contribution < -0.4 is 0 Å². The molecule has 0 aliphatic rings. The second kappa shape index (κ2) is 2.91. The summed E-state index contributed by atoms with van der Waals surface area (Å²) in [7, 11) is 0.